The molecule has 0 radical (unpaired) electrons. The van der Waals surface area contributed by atoms with Crippen LogP contribution in [-0.4, -0.2) is 9.55 Å². The summed E-state index contributed by atoms with van der Waals surface area (Å²) in [5.41, 5.74) is 3.41. The van der Waals surface area contributed by atoms with Crippen molar-refractivity contribution >= 4 is 28.7 Å². The average molecular weight is 370 g/mol. The first kappa shape index (κ1) is 20.4. The van der Waals surface area contributed by atoms with Gasteiger partial charge < -0.3 is 9.29 Å². The summed E-state index contributed by atoms with van der Waals surface area (Å²) in [6.45, 7) is 10.7. The second kappa shape index (κ2) is 10.3. The molecule has 0 fully saturated rings. The van der Waals surface area contributed by atoms with E-state index in [4.69, 9.17) is 4.98 Å². The lowest BCUT2D eigenvalue weighted by Gasteiger charge is -2.16. The summed E-state index contributed by atoms with van der Waals surface area (Å²) in [5.74, 6) is 1.18. The van der Waals surface area contributed by atoms with Crippen molar-refractivity contribution in [3.63, 3.8) is 0 Å². The van der Waals surface area contributed by atoms with Crippen molar-refractivity contribution in [3.05, 3.63) is 54.4 Å². The SMILES string of the molecule is CC.CCCC(C)n1c(CC)nc2cc(NSc3ccccc3)ccc21. The standard InChI is InChI=1S/C20H25N3S.C2H6/c1-4-9-15(3)23-19-13-12-16(14-18(19)21-20(23)5-2)22-24-17-10-7-6-8-11-17;1-2/h6-8,10-15,22H,4-5,9H2,1-3H3;1-2H3. The zero-order chi connectivity index (χ0) is 18.9. The molecular formula is C22H31N3S. The quantitative estimate of drug-likeness (QED) is 0.450. The molecule has 0 saturated carbocycles. The third kappa shape index (κ3) is 4.82. The van der Waals surface area contributed by atoms with Crippen LogP contribution in [0.3, 0.4) is 0 Å². The first-order valence-electron chi connectivity index (χ1n) is 9.71. The minimum absolute atomic E-state index is 0.493. The van der Waals surface area contributed by atoms with Gasteiger partial charge in [0.25, 0.3) is 0 Å². The van der Waals surface area contributed by atoms with Crippen LogP contribution < -0.4 is 4.72 Å². The number of anilines is 1. The summed E-state index contributed by atoms with van der Waals surface area (Å²) in [5, 5.41) is 0. The highest BCUT2D eigenvalue weighted by atomic mass is 32.2. The van der Waals surface area contributed by atoms with E-state index in [9.17, 15) is 0 Å². The van der Waals surface area contributed by atoms with E-state index in [0.29, 0.717) is 6.04 Å². The molecule has 0 aliphatic rings. The molecule has 1 aromatic heterocycles. The lowest BCUT2D eigenvalue weighted by molar-refractivity contribution is 0.496. The molecule has 0 bridgehead atoms. The van der Waals surface area contributed by atoms with Crippen molar-refractivity contribution in [2.24, 2.45) is 0 Å². The predicted octanol–water partition coefficient (Wildman–Crippen LogP) is 7.11. The Kier molecular flexibility index (Phi) is 8.05. The number of rotatable bonds is 7. The first-order valence-corrected chi connectivity index (χ1v) is 10.5. The molecule has 3 rings (SSSR count). The summed E-state index contributed by atoms with van der Waals surface area (Å²) >= 11 is 1.63. The zero-order valence-electron chi connectivity index (χ0n) is 16.6. The maximum absolute atomic E-state index is 4.86. The summed E-state index contributed by atoms with van der Waals surface area (Å²) < 4.78 is 5.83. The first-order chi connectivity index (χ1) is 12.7. The van der Waals surface area contributed by atoms with Gasteiger partial charge in [0.1, 0.15) is 5.82 Å². The Hall–Kier alpha value is -1.94. The molecule has 0 spiro atoms. The van der Waals surface area contributed by atoms with Gasteiger partial charge >= 0.3 is 0 Å². The lowest BCUT2D eigenvalue weighted by atomic mass is 10.2. The Bertz CT molecular complexity index is 796. The van der Waals surface area contributed by atoms with Crippen LogP contribution >= 0.6 is 11.9 Å². The number of nitrogens with zero attached hydrogens (tertiary/aromatic N) is 2. The zero-order valence-corrected chi connectivity index (χ0v) is 17.4. The normalized spacial score (nSPS) is 11.7. The monoisotopic (exact) mass is 369 g/mol. The second-order valence-corrected chi connectivity index (χ2v) is 6.99. The van der Waals surface area contributed by atoms with Crippen LogP contribution in [0.1, 0.15) is 59.3 Å². The fraction of sp³-hybridized carbons (Fsp3) is 0.409. The Morgan fingerprint density at radius 3 is 2.46 bits per heavy atom. The van der Waals surface area contributed by atoms with E-state index in [1.165, 1.54) is 29.1 Å². The molecule has 140 valence electrons. The lowest BCUT2D eigenvalue weighted by Crippen LogP contribution is -2.08. The van der Waals surface area contributed by atoms with Gasteiger partial charge in [-0.05, 0) is 55.6 Å². The van der Waals surface area contributed by atoms with Crippen molar-refractivity contribution < 1.29 is 0 Å². The van der Waals surface area contributed by atoms with E-state index in [0.717, 1.165) is 17.6 Å². The third-order valence-corrected chi connectivity index (χ3v) is 5.10. The van der Waals surface area contributed by atoms with Crippen LogP contribution in [-0.2, 0) is 6.42 Å². The van der Waals surface area contributed by atoms with Gasteiger partial charge in [-0.2, -0.15) is 0 Å². The number of nitrogens with one attached hydrogen (secondary N) is 1. The highest BCUT2D eigenvalue weighted by Gasteiger charge is 2.14. The van der Waals surface area contributed by atoms with Crippen LogP contribution in [0.2, 0.25) is 0 Å². The number of aryl methyl sites for hydroxylation is 1. The highest BCUT2D eigenvalue weighted by molar-refractivity contribution is 8.00. The molecular weight excluding hydrogens is 338 g/mol. The minimum atomic E-state index is 0.493. The van der Waals surface area contributed by atoms with Crippen LogP contribution in [0.25, 0.3) is 11.0 Å². The third-order valence-electron chi connectivity index (χ3n) is 4.26. The van der Waals surface area contributed by atoms with Gasteiger partial charge in [0, 0.05) is 23.0 Å². The summed E-state index contributed by atoms with van der Waals surface area (Å²) in [6, 6.07) is 17.3. The number of hydrogen-bond donors (Lipinski definition) is 1. The Morgan fingerprint density at radius 2 is 1.81 bits per heavy atom. The van der Waals surface area contributed by atoms with Gasteiger partial charge in [0.05, 0.1) is 11.0 Å². The fourth-order valence-electron chi connectivity index (χ4n) is 3.11. The molecule has 4 heteroatoms. The van der Waals surface area contributed by atoms with E-state index < -0.39 is 0 Å². The summed E-state index contributed by atoms with van der Waals surface area (Å²) in [6.07, 6.45) is 3.34. The van der Waals surface area contributed by atoms with Crippen molar-refractivity contribution in [3.8, 4) is 0 Å². The van der Waals surface area contributed by atoms with Crippen LogP contribution in [0.15, 0.2) is 53.4 Å². The molecule has 2 aromatic carbocycles. The average Bonchev–Trinajstić information content (AvgIpc) is 3.07. The smallest absolute Gasteiger partial charge is 0.109 e. The molecule has 26 heavy (non-hydrogen) atoms. The number of aromatic nitrogens is 2. The maximum Gasteiger partial charge on any atom is 0.109 e. The van der Waals surface area contributed by atoms with E-state index >= 15 is 0 Å². The molecule has 1 heterocycles. The Morgan fingerprint density at radius 1 is 1.08 bits per heavy atom. The van der Waals surface area contributed by atoms with Gasteiger partial charge in [0.15, 0.2) is 0 Å². The molecule has 1 atom stereocenters. The highest BCUT2D eigenvalue weighted by Crippen LogP contribution is 2.28. The Labute approximate surface area is 162 Å². The van der Waals surface area contributed by atoms with E-state index in [1.54, 1.807) is 11.9 Å². The number of benzene rings is 2. The molecule has 0 amide bonds. The minimum Gasteiger partial charge on any atom is -0.326 e. The number of fused-ring (bicyclic) bond motifs is 1. The Balaban J connectivity index is 0.00000117. The molecule has 3 nitrogen and oxygen atoms in total. The second-order valence-electron chi connectivity index (χ2n) is 6.11. The van der Waals surface area contributed by atoms with Gasteiger partial charge in [0.2, 0.25) is 0 Å². The van der Waals surface area contributed by atoms with Gasteiger partial charge in [-0.1, -0.05) is 52.3 Å². The van der Waals surface area contributed by atoms with Crippen molar-refractivity contribution in [1.82, 2.24) is 9.55 Å². The predicted molar refractivity (Wildman–Crippen MR) is 116 cm³/mol. The van der Waals surface area contributed by atoms with Gasteiger partial charge in [-0.25, -0.2) is 4.98 Å². The summed E-state index contributed by atoms with van der Waals surface area (Å²) in [4.78, 5) is 6.07. The van der Waals surface area contributed by atoms with Crippen molar-refractivity contribution in [2.45, 2.75) is 64.8 Å². The molecule has 1 N–H and O–H groups in total. The number of hydrogen-bond acceptors (Lipinski definition) is 3. The topological polar surface area (TPSA) is 29.9 Å². The van der Waals surface area contributed by atoms with E-state index in [2.05, 4.69) is 72.5 Å². The fourth-order valence-corrected chi connectivity index (χ4v) is 3.76. The van der Waals surface area contributed by atoms with Crippen LogP contribution in [0, 0.1) is 0 Å². The largest absolute Gasteiger partial charge is 0.326 e. The van der Waals surface area contributed by atoms with Gasteiger partial charge in [-0.3, -0.25) is 0 Å². The van der Waals surface area contributed by atoms with E-state index in [-0.39, 0.29) is 0 Å². The van der Waals surface area contributed by atoms with Crippen LogP contribution in [0.5, 0.6) is 0 Å². The van der Waals surface area contributed by atoms with Crippen LogP contribution in [0.4, 0.5) is 5.69 Å². The van der Waals surface area contributed by atoms with Crippen molar-refractivity contribution in [1.29, 1.82) is 0 Å². The summed E-state index contributed by atoms with van der Waals surface area (Å²) in [7, 11) is 0. The van der Waals surface area contributed by atoms with Gasteiger partial charge in [-0.15, -0.1) is 0 Å². The molecule has 0 saturated heterocycles. The van der Waals surface area contributed by atoms with E-state index in [1.807, 2.05) is 19.9 Å². The molecule has 0 aliphatic heterocycles. The molecule has 0 aliphatic carbocycles. The maximum atomic E-state index is 4.86. The molecule has 1 unspecified atom stereocenters. The van der Waals surface area contributed by atoms with Crippen molar-refractivity contribution in [2.75, 3.05) is 4.72 Å². The number of imidazole rings is 1. The molecule has 3 aromatic rings.